The summed E-state index contributed by atoms with van der Waals surface area (Å²) < 4.78 is 0. The molecule has 0 aromatic heterocycles. The Labute approximate surface area is 57.6 Å². The van der Waals surface area contributed by atoms with E-state index in [4.69, 9.17) is 0 Å². The molecule has 0 radical (unpaired) electrons. The van der Waals surface area contributed by atoms with Gasteiger partial charge in [-0.15, -0.1) is 0 Å². The predicted octanol–water partition coefficient (Wildman–Crippen LogP) is 3.08. The smallest absolute Gasteiger partial charge is 0.0311 e. The van der Waals surface area contributed by atoms with E-state index in [0.29, 0.717) is 0 Å². The van der Waals surface area contributed by atoms with Crippen molar-refractivity contribution in [2.24, 2.45) is 0 Å². The zero-order valence-electron chi connectivity index (χ0n) is 6.22. The molecule has 0 saturated heterocycles. The summed E-state index contributed by atoms with van der Waals surface area (Å²) in [6.07, 6.45) is 9.03. The van der Waals surface area contributed by atoms with Crippen LogP contribution in [0.25, 0.3) is 0 Å². The van der Waals surface area contributed by atoms with Crippen LogP contribution in [0.5, 0.6) is 0 Å². The van der Waals surface area contributed by atoms with Crippen LogP contribution < -0.4 is 0 Å². The van der Waals surface area contributed by atoms with Crippen molar-refractivity contribution in [1.29, 1.82) is 0 Å². The van der Waals surface area contributed by atoms with Gasteiger partial charge in [0, 0.05) is 0 Å². The average Bonchev–Trinajstić information content (AvgIpc) is 1.91. The molecule has 0 aromatic carbocycles. The number of allylic oxidation sites excluding steroid dienone is 5. The number of hydrogen-bond acceptors (Lipinski definition) is 0. The highest BCUT2D eigenvalue weighted by Crippen LogP contribution is 2.00. The summed E-state index contributed by atoms with van der Waals surface area (Å²) in [5.74, 6) is 0. The maximum atomic E-state index is 3.59. The lowest BCUT2D eigenvalue weighted by Gasteiger charge is -1.90. The lowest BCUT2D eigenvalue weighted by atomic mass is 10.2. The van der Waals surface area contributed by atoms with E-state index in [2.05, 4.69) is 25.7 Å². The van der Waals surface area contributed by atoms with Crippen molar-refractivity contribution in [1.82, 2.24) is 0 Å². The quantitative estimate of drug-likeness (QED) is 0.504. The van der Waals surface area contributed by atoms with E-state index in [1.165, 1.54) is 5.57 Å². The number of rotatable bonds is 3. The van der Waals surface area contributed by atoms with E-state index in [-0.39, 0.29) is 0 Å². The molecule has 0 aromatic rings. The molecule has 0 fully saturated rings. The highest BCUT2D eigenvalue weighted by atomic mass is 13.9. The van der Waals surface area contributed by atoms with Crippen molar-refractivity contribution < 1.29 is 0 Å². The zero-order chi connectivity index (χ0) is 7.11. The van der Waals surface area contributed by atoms with Gasteiger partial charge in [0.2, 0.25) is 0 Å². The molecule has 0 bridgehead atoms. The SMILES string of the molecule is C=CC=CC(=CC)CC. The molecule has 0 unspecified atom stereocenters. The summed E-state index contributed by atoms with van der Waals surface area (Å²) in [6.45, 7) is 7.78. The monoisotopic (exact) mass is 122 g/mol. The largest absolute Gasteiger partial charge is 0.0991 e. The van der Waals surface area contributed by atoms with Gasteiger partial charge in [-0.3, -0.25) is 0 Å². The maximum absolute atomic E-state index is 3.59. The lowest BCUT2D eigenvalue weighted by Crippen LogP contribution is -1.69. The van der Waals surface area contributed by atoms with E-state index in [9.17, 15) is 0 Å². The Morgan fingerprint density at radius 1 is 1.56 bits per heavy atom. The third-order valence-electron chi connectivity index (χ3n) is 1.23. The fraction of sp³-hybridized carbons (Fsp3) is 0.333. The van der Waals surface area contributed by atoms with Gasteiger partial charge in [0.1, 0.15) is 0 Å². The van der Waals surface area contributed by atoms with Crippen molar-refractivity contribution in [3.8, 4) is 0 Å². The topological polar surface area (TPSA) is 0 Å². The molecule has 0 aliphatic heterocycles. The summed E-state index contributed by atoms with van der Waals surface area (Å²) >= 11 is 0. The van der Waals surface area contributed by atoms with Crippen LogP contribution in [0.3, 0.4) is 0 Å². The second-order valence-corrected chi connectivity index (χ2v) is 1.81. The molecule has 0 saturated carbocycles. The van der Waals surface area contributed by atoms with Crippen LogP contribution in [0, 0.1) is 0 Å². The van der Waals surface area contributed by atoms with Gasteiger partial charge in [-0.25, -0.2) is 0 Å². The average molecular weight is 122 g/mol. The minimum absolute atomic E-state index is 1.10. The van der Waals surface area contributed by atoms with Crippen LogP contribution in [0.1, 0.15) is 20.3 Å². The van der Waals surface area contributed by atoms with Gasteiger partial charge in [0.05, 0.1) is 0 Å². The Bertz CT molecular complexity index is 127. The summed E-state index contributed by atoms with van der Waals surface area (Å²) in [6, 6.07) is 0. The summed E-state index contributed by atoms with van der Waals surface area (Å²) in [7, 11) is 0. The molecule has 0 heterocycles. The van der Waals surface area contributed by atoms with Crippen LogP contribution in [-0.4, -0.2) is 0 Å². The van der Waals surface area contributed by atoms with E-state index in [1.54, 1.807) is 6.08 Å². The maximum Gasteiger partial charge on any atom is -0.0311 e. The third-order valence-corrected chi connectivity index (χ3v) is 1.23. The first kappa shape index (κ1) is 8.22. The van der Waals surface area contributed by atoms with Crippen LogP contribution in [-0.2, 0) is 0 Å². The van der Waals surface area contributed by atoms with Crippen LogP contribution in [0.2, 0.25) is 0 Å². The van der Waals surface area contributed by atoms with Gasteiger partial charge in [-0.1, -0.05) is 43.4 Å². The summed E-state index contributed by atoms with van der Waals surface area (Å²) in [5.41, 5.74) is 1.36. The minimum Gasteiger partial charge on any atom is -0.0991 e. The molecule has 0 aliphatic carbocycles. The Balaban J connectivity index is 3.84. The Morgan fingerprint density at radius 3 is 2.56 bits per heavy atom. The molecule has 0 N–H and O–H groups in total. The molecule has 0 amide bonds. The van der Waals surface area contributed by atoms with Crippen LogP contribution >= 0.6 is 0 Å². The van der Waals surface area contributed by atoms with E-state index < -0.39 is 0 Å². The van der Waals surface area contributed by atoms with E-state index in [1.807, 2.05) is 13.0 Å². The van der Waals surface area contributed by atoms with Gasteiger partial charge in [-0.2, -0.15) is 0 Å². The first-order valence-corrected chi connectivity index (χ1v) is 3.29. The summed E-state index contributed by atoms with van der Waals surface area (Å²) in [4.78, 5) is 0. The first-order chi connectivity index (χ1) is 4.35. The van der Waals surface area contributed by atoms with Crippen LogP contribution in [0.15, 0.2) is 36.5 Å². The fourth-order valence-corrected chi connectivity index (χ4v) is 0.610. The van der Waals surface area contributed by atoms with Gasteiger partial charge >= 0.3 is 0 Å². The highest BCUT2D eigenvalue weighted by molar-refractivity contribution is 5.20. The molecular formula is C9H14. The second-order valence-electron chi connectivity index (χ2n) is 1.81. The molecule has 0 nitrogen and oxygen atoms in total. The lowest BCUT2D eigenvalue weighted by molar-refractivity contribution is 1.14. The second kappa shape index (κ2) is 5.36. The summed E-state index contributed by atoms with van der Waals surface area (Å²) in [5, 5.41) is 0. The Kier molecular flexibility index (Phi) is 4.89. The molecule has 50 valence electrons. The third kappa shape index (κ3) is 3.77. The molecule has 0 rings (SSSR count). The molecule has 0 atom stereocenters. The molecule has 0 spiro atoms. The first-order valence-electron chi connectivity index (χ1n) is 3.29. The van der Waals surface area contributed by atoms with E-state index >= 15 is 0 Å². The van der Waals surface area contributed by atoms with Gasteiger partial charge in [-0.05, 0) is 13.3 Å². The standard InChI is InChI=1S/C9H14/c1-4-7-8-9(5-2)6-3/h4-5,7-8H,1,6H2,2-3H3. The van der Waals surface area contributed by atoms with Crippen molar-refractivity contribution >= 4 is 0 Å². The van der Waals surface area contributed by atoms with E-state index in [0.717, 1.165) is 6.42 Å². The van der Waals surface area contributed by atoms with Gasteiger partial charge < -0.3 is 0 Å². The predicted molar refractivity (Wildman–Crippen MR) is 43.4 cm³/mol. The molecular weight excluding hydrogens is 108 g/mol. The normalized spacial score (nSPS) is 12.4. The van der Waals surface area contributed by atoms with Crippen molar-refractivity contribution in [2.45, 2.75) is 20.3 Å². The van der Waals surface area contributed by atoms with Gasteiger partial charge in [0.15, 0.2) is 0 Å². The van der Waals surface area contributed by atoms with Crippen LogP contribution in [0.4, 0.5) is 0 Å². The van der Waals surface area contributed by atoms with Crippen molar-refractivity contribution in [3.05, 3.63) is 36.5 Å². The minimum atomic E-state index is 1.10. The Hall–Kier alpha value is -0.780. The molecule has 0 heteroatoms. The zero-order valence-corrected chi connectivity index (χ0v) is 6.22. The number of hydrogen-bond donors (Lipinski definition) is 0. The van der Waals surface area contributed by atoms with Crippen molar-refractivity contribution in [3.63, 3.8) is 0 Å². The highest BCUT2D eigenvalue weighted by Gasteiger charge is 1.80. The van der Waals surface area contributed by atoms with Gasteiger partial charge in [0.25, 0.3) is 0 Å². The molecule has 0 aliphatic rings. The fourth-order valence-electron chi connectivity index (χ4n) is 0.610. The van der Waals surface area contributed by atoms with Crippen molar-refractivity contribution in [2.75, 3.05) is 0 Å². The molecule has 9 heavy (non-hydrogen) atoms. The Morgan fingerprint density at radius 2 is 2.22 bits per heavy atom.